The molecular formula is C21H22N4O2S. The van der Waals surface area contributed by atoms with Crippen molar-refractivity contribution in [3.63, 3.8) is 0 Å². The maximum absolute atomic E-state index is 12.6. The maximum Gasteiger partial charge on any atom is 0.229 e. The van der Waals surface area contributed by atoms with Gasteiger partial charge in [-0.3, -0.25) is 9.59 Å². The van der Waals surface area contributed by atoms with Crippen LogP contribution < -0.4 is 5.32 Å². The van der Waals surface area contributed by atoms with Crippen molar-refractivity contribution in [2.75, 3.05) is 18.4 Å². The van der Waals surface area contributed by atoms with E-state index in [0.717, 1.165) is 47.8 Å². The number of carbonyl (C=O) groups is 2. The Balaban J connectivity index is 1.22. The number of benzene rings is 1. The summed E-state index contributed by atoms with van der Waals surface area (Å²) in [7, 11) is 0. The summed E-state index contributed by atoms with van der Waals surface area (Å²) in [6.07, 6.45) is 5.47. The predicted octanol–water partition coefficient (Wildman–Crippen LogP) is 3.88. The lowest BCUT2D eigenvalue weighted by atomic mass is 9.95. The minimum atomic E-state index is -0.0521. The maximum atomic E-state index is 12.6. The average Bonchev–Trinajstić information content (AvgIpc) is 3.33. The molecule has 1 aliphatic carbocycles. The summed E-state index contributed by atoms with van der Waals surface area (Å²) in [5.74, 6) is 0.493. The van der Waals surface area contributed by atoms with Crippen LogP contribution in [-0.2, 0) is 9.59 Å². The van der Waals surface area contributed by atoms with Gasteiger partial charge in [0.2, 0.25) is 11.8 Å². The molecule has 2 fully saturated rings. The highest BCUT2D eigenvalue weighted by molar-refractivity contribution is 7.14. The van der Waals surface area contributed by atoms with Crippen molar-refractivity contribution in [2.45, 2.75) is 25.7 Å². The molecule has 0 bridgehead atoms. The second-order valence-corrected chi connectivity index (χ2v) is 8.51. The molecule has 2 amide bonds. The topological polar surface area (TPSA) is 78.1 Å². The van der Waals surface area contributed by atoms with E-state index in [-0.39, 0.29) is 23.7 Å². The number of para-hydroxylation sites is 1. The van der Waals surface area contributed by atoms with Gasteiger partial charge in [0, 0.05) is 53.0 Å². The first-order valence-corrected chi connectivity index (χ1v) is 10.7. The fourth-order valence-electron chi connectivity index (χ4n) is 3.90. The van der Waals surface area contributed by atoms with E-state index in [1.54, 1.807) is 0 Å². The summed E-state index contributed by atoms with van der Waals surface area (Å²) in [5.41, 5.74) is 2.98. The number of nitrogens with zero attached hydrogens (tertiary/aromatic N) is 2. The SMILES string of the molecule is O=C(Nc1nc(-c2c[nH]c3ccccc23)cs1)C1CCN(C(=O)C2CC2)CC1. The monoisotopic (exact) mass is 394 g/mol. The summed E-state index contributed by atoms with van der Waals surface area (Å²) in [5, 5.41) is 6.70. The standard InChI is InChI=1S/C21H22N4O2S/c26-19(13-7-9-25(10-8-13)20(27)14-5-6-14)24-21-23-18(12-28-21)16-11-22-17-4-2-1-3-15(16)17/h1-4,11-14,22H,5-10H2,(H,23,24,26). The average molecular weight is 395 g/mol. The largest absolute Gasteiger partial charge is 0.360 e. The fourth-order valence-corrected chi connectivity index (χ4v) is 4.61. The van der Waals surface area contributed by atoms with E-state index in [4.69, 9.17) is 0 Å². The van der Waals surface area contributed by atoms with E-state index in [1.807, 2.05) is 34.7 Å². The Morgan fingerprint density at radius 3 is 2.68 bits per heavy atom. The summed E-state index contributed by atoms with van der Waals surface area (Å²) in [4.78, 5) is 34.6. The number of H-pyrrole nitrogens is 1. The number of carbonyl (C=O) groups excluding carboxylic acids is 2. The van der Waals surface area contributed by atoms with Crippen LogP contribution in [0.2, 0.25) is 0 Å². The minimum Gasteiger partial charge on any atom is -0.360 e. The van der Waals surface area contributed by atoms with E-state index in [9.17, 15) is 9.59 Å². The number of hydrogen-bond acceptors (Lipinski definition) is 4. The van der Waals surface area contributed by atoms with Gasteiger partial charge in [-0.1, -0.05) is 18.2 Å². The van der Waals surface area contributed by atoms with Gasteiger partial charge in [0.1, 0.15) is 0 Å². The molecule has 1 aliphatic heterocycles. The minimum absolute atomic E-state index is 0.0124. The molecule has 28 heavy (non-hydrogen) atoms. The smallest absolute Gasteiger partial charge is 0.229 e. The molecule has 6 nitrogen and oxygen atoms in total. The number of piperidine rings is 1. The quantitative estimate of drug-likeness (QED) is 0.705. The van der Waals surface area contributed by atoms with Crippen LogP contribution in [0.3, 0.4) is 0 Å². The van der Waals surface area contributed by atoms with Crippen molar-refractivity contribution in [1.82, 2.24) is 14.9 Å². The van der Waals surface area contributed by atoms with Crippen molar-refractivity contribution in [1.29, 1.82) is 0 Å². The van der Waals surface area contributed by atoms with Crippen LogP contribution in [-0.4, -0.2) is 39.8 Å². The van der Waals surface area contributed by atoms with E-state index in [1.165, 1.54) is 11.3 Å². The first-order chi connectivity index (χ1) is 13.7. The zero-order chi connectivity index (χ0) is 19.1. The predicted molar refractivity (Wildman–Crippen MR) is 110 cm³/mol. The second-order valence-electron chi connectivity index (χ2n) is 7.65. The number of rotatable bonds is 4. The Labute approximate surface area is 167 Å². The first kappa shape index (κ1) is 17.4. The zero-order valence-electron chi connectivity index (χ0n) is 15.5. The highest BCUT2D eigenvalue weighted by atomic mass is 32.1. The zero-order valence-corrected chi connectivity index (χ0v) is 16.3. The van der Waals surface area contributed by atoms with Gasteiger partial charge in [0.05, 0.1) is 5.69 Å². The van der Waals surface area contributed by atoms with Gasteiger partial charge >= 0.3 is 0 Å². The number of aromatic nitrogens is 2. The molecule has 0 atom stereocenters. The van der Waals surface area contributed by atoms with Gasteiger partial charge in [-0.2, -0.15) is 0 Å². The third kappa shape index (κ3) is 3.30. The van der Waals surface area contributed by atoms with Crippen LogP contribution >= 0.6 is 11.3 Å². The Morgan fingerprint density at radius 1 is 1.11 bits per heavy atom. The molecule has 1 saturated carbocycles. The summed E-state index contributed by atoms with van der Waals surface area (Å²) in [6, 6.07) is 8.11. The van der Waals surface area contributed by atoms with Crippen LogP contribution in [0, 0.1) is 11.8 Å². The van der Waals surface area contributed by atoms with Crippen LogP contribution in [0.15, 0.2) is 35.8 Å². The lowest BCUT2D eigenvalue weighted by Crippen LogP contribution is -2.42. The Bertz CT molecular complexity index is 1030. The lowest BCUT2D eigenvalue weighted by molar-refractivity contribution is -0.135. The van der Waals surface area contributed by atoms with Crippen molar-refractivity contribution in [3.05, 3.63) is 35.8 Å². The molecule has 2 aliphatic rings. The molecule has 7 heteroatoms. The Hall–Kier alpha value is -2.67. The first-order valence-electron chi connectivity index (χ1n) is 9.81. The van der Waals surface area contributed by atoms with E-state index in [2.05, 4.69) is 21.4 Å². The molecule has 144 valence electrons. The van der Waals surface area contributed by atoms with Gasteiger partial charge in [0.15, 0.2) is 5.13 Å². The lowest BCUT2D eigenvalue weighted by Gasteiger charge is -2.31. The third-order valence-corrected chi connectivity index (χ3v) is 6.46. The van der Waals surface area contributed by atoms with Gasteiger partial charge in [0.25, 0.3) is 0 Å². The number of hydrogen-bond donors (Lipinski definition) is 2. The number of likely N-dealkylation sites (tertiary alicyclic amines) is 1. The van der Waals surface area contributed by atoms with Crippen LogP contribution in [0.5, 0.6) is 0 Å². The number of thiazole rings is 1. The van der Waals surface area contributed by atoms with Crippen molar-refractivity contribution in [2.24, 2.45) is 11.8 Å². The molecule has 3 aromatic rings. The second kappa shape index (κ2) is 7.05. The summed E-state index contributed by atoms with van der Waals surface area (Å²) >= 11 is 1.44. The molecule has 0 radical (unpaired) electrons. The third-order valence-electron chi connectivity index (χ3n) is 5.70. The van der Waals surface area contributed by atoms with E-state index < -0.39 is 0 Å². The molecule has 2 aromatic heterocycles. The molecular weight excluding hydrogens is 372 g/mol. The number of nitrogens with one attached hydrogen (secondary N) is 2. The van der Waals surface area contributed by atoms with E-state index in [0.29, 0.717) is 18.2 Å². The van der Waals surface area contributed by atoms with Crippen molar-refractivity contribution >= 4 is 39.2 Å². The fraction of sp³-hybridized carbons (Fsp3) is 0.381. The number of amides is 2. The molecule has 2 N–H and O–H groups in total. The number of fused-ring (bicyclic) bond motifs is 1. The van der Waals surface area contributed by atoms with Gasteiger partial charge in [-0.15, -0.1) is 11.3 Å². The van der Waals surface area contributed by atoms with Crippen molar-refractivity contribution in [3.8, 4) is 11.3 Å². The summed E-state index contributed by atoms with van der Waals surface area (Å²) < 4.78 is 0. The van der Waals surface area contributed by atoms with Crippen molar-refractivity contribution < 1.29 is 9.59 Å². The number of aromatic amines is 1. The highest BCUT2D eigenvalue weighted by Crippen LogP contribution is 2.33. The molecule has 3 heterocycles. The van der Waals surface area contributed by atoms with Gasteiger partial charge < -0.3 is 15.2 Å². The van der Waals surface area contributed by atoms with Crippen LogP contribution in [0.25, 0.3) is 22.2 Å². The molecule has 0 unspecified atom stereocenters. The van der Waals surface area contributed by atoms with Gasteiger partial charge in [-0.05, 0) is 31.7 Å². The highest BCUT2D eigenvalue weighted by Gasteiger charge is 2.36. The van der Waals surface area contributed by atoms with Crippen LogP contribution in [0.4, 0.5) is 5.13 Å². The molecule has 0 spiro atoms. The Morgan fingerprint density at radius 2 is 1.89 bits per heavy atom. The number of anilines is 1. The normalized spacial score (nSPS) is 17.8. The Kier molecular flexibility index (Phi) is 4.39. The van der Waals surface area contributed by atoms with Gasteiger partial charge in [-0.25, -0.2) is 4.98 Å². The molecule has 1 saturated heterocycles. The summed E-state index contributed by atoms with van der Waals surface area (Å²) in [6.45, 7) is 1.37. The van der Waals surface area contributed by atoms with Crippen LogP contribution in [0.1, 0.15) is 25.7 Å². The molecule has 1 aromatic carbocycles. The van der Waals surface area contributed by atoms with E-state index >= 15 is 0 Å². The molecule has 5 rings (SSSR count).